The molecule has 0 bridgehead atoms. The monoisotopic (exact) mass is 397 g/mol. The Kier molecular flexibility index (Phi) is 6.00. The maximum Gasteiger partial charge on any atom is 0.337 e. The van der Waals surface area contributed by atoms with Gasteiger partial charge in [0.25, 0.3) is 0 Å². The van der Waals surface area contributed by atoms with E-state index in [1.54, 1.807) is 30.5 Å². The highest BCUT2D eigenvalue weighted by molar-refractivity contribution is 7.12. The zero-order chi connectivity index (χ0) is 20.1. The Balaban J connectivity index is 1.61. The van der Waals surface area contributed by atoms with Crippen molar-refractivity contribution in [2.45, 2.75) is 13.8 Å². The summed E-state index contributed by atoms with van der Waals surface area (Å²) in [5, 5.41) is 6.55. The lowest BCUT2D eigenvalue weighted by Gasteiger charge is -2.05. The summed E-state index contributed by atoms with van der Waals surface area (Å²) in [5.41, 5.74) is 3.53. The van der Waals surface area contributed by atoms with E-state index in [1.807, 2.05) is 29.9 Å². The van der Waals surface area contributed by atoms with Gasteiger partial charge in [-0.2, -0.15) is 0 Å². The van der Waals surface area contributed by atoms with Crippen LogP contribution in [0.1, 0.15) is 37.7 Å². The van der Waals surface area contributed by atoms with E-state index in [1.165, 1.54) is 24.7 Å². The van der Waals surface area contributed by atoms with Crippen molar-refractivity contribution in [2.24, 2.45) is 5.16 Å². The molecule has 3 aromatic rings. The third-order valence-corrected chi connectivity index (χ3v) is 4.90. The highest BCUT2D eigenvalue weighted by Gasteiger charge is 2.18. The summed E-state index contributed by atoms with van der Waals surface area (Å²) in [6.07, 6.45) is 3.21. The van der Waals surface area contributed by atoms with Crippen molar-refractivity contribution < 1.29 is 19.2 Å². The molecule has 0 radical (unpaired) electrons. The Morgan fingerprint density at radius 3 is 2.64 bits per heavy atom. The van der Waals surface area contributed by atoms with Gasteiger partial charge in [-0.05, 0) is 37.6 Å². The van der Waals surface area contributed by atoms with Gasteiger partial charge in [0.15, 0.2) is 11.7 Å². The fourth-order valence-electron chi connectivity index (χ4n) is 2.76. The molecule has 0 aliphatic heterocycles. The summed E-state index contributed by atoms with van der Waals surface area (Å²) in [7, 11) is 1.33. The average Bonchev–Trinajstić information content (AvgIpc) is 3.32. The Labute approximate surface area is 166 Å². The lowest BCUT2D eigenvalue weighted by molar-refractivity contribution is 0.0600. The second-order valence-corrected chi connectivity index (χ2v) is 6.85. The molecule has 8 heteroatoms. The van der Waals surface area contributed by atoms with E-state index in [-0.39, 0.29) is 12.4 Å². The first-order valence-corrected chi connectivity index (χ1v) is 9.35. The molecular weight excluding hydrogens is 378 g/mol. The number of hydrogen-bond donors (Lipinski definition) is 0. The number of aryl methyl sites for hydroxylation is 1. The van der Waals surface area contributed by atoms with Gasteiger partial charge in [-0.1, -0.05) is 17.3 Å². The molecule has 0 unspecified atom stereocenters. The standard InChI is InChI=1S/C20H19N3O4S/c1-13-10-17(14(2)23(13)20-21-8-9-28-20)18(24)12-27-22-11-15-4-6-16(7-5-15)19(25)26-3/h4-11H,12H2,1-3H3/b22-11+. The number of benzene rings is 1. The van der Waals surface area contributed by atoms with Crippen LogP contribution in [0.4, 0.5) is 0 Å². The number of carbonyl (C=O) groups is 2. The van der Waals surface area contributed by atoms with Crippen LogP contribution >= 0.6 is 11.3 Å². The van der Waals surface area contributed by atoms with Gasteiger partial charge in [0.05, 0.1) is 18.9 Å². The van der Waals surface area contributed by atoms with E-state index in [2.05, 4.69) is 14.9 Å². The zero-order valence-electron chi connectivity index (χ0n) is 15.7. The van der Waals surface area contributed by atoms with Crippen LogP contribution in [0.15, 0.2) is 47.1 Å². The number of nitrogens with zero attached hydrogens (tertiary/aromatic N) is 3. The number of Topliss-reactive ketones (excluding diaryl/α,β-unsaturated/α-hetero) is 1. The Morgan fingerprint density at radius 1 is 1.25 bits per heavy atom. The van der Waals surface area contributed by atoms with Gasteiger partial charge in [0.2, 0.25) is 5.78 Å². The minimum atomic E-state index is -0.402. The predicted octanol–water partition coefficient (Wildman–Crippen LogP) is 3.57. The second-order valence-electron chi connectivity index (χ2n) is 5.98. The van der Waals surface area contributed by atoms with Gasteiger partial charge in [-0.15, -0.1) is 11.3 Å². The normalized spacial score (nSPS) is 11.0. The van der Waals surface area contributed by atoms with E-state index >= 15 is 0 Å². The number of carbonyl (C=O) groups excluding carboxylic acids is 2. The second kappa shape index (κ2) is 8.62. The molecule has 0 saturated carbocycles. The molecule has 3 rings (SSSR count). The first-order chi connectivity index (χ1) is 13.5. The fourth-order valence-corrected chi connectivity index (χ4v) is 3.51. The van der Waals surface area contributed by atoms with Crippen LogP contribution in [0.2, 0.25) is 0 Å². The molecule has 0 aliphatic carbocycles. The number of aromatic nitrogens is 2. The van der Waals surface area contributed by atoms with Gasteiger partial charge in [0.1, 0.15) is 0 Å². The quantitative estimate of drug-likeness (QED) is 0.263. The highest BCUT2D eigenvalue weighted by Crippen LogP contribution is 2.22. The lowest BCUT2D eigenvalue weighted by atomic mass is 10.1. The van der Waals surface area contributed by atoms with E-state index in [0.29, 0.717) is 11.1 Å². The molecule has 0 N–H and O–H groups in total. The average molecular weight is 397 g/mol. The molecular formula is C20H19N3O4S. The molecule has 0 aliphatic rings. The molecule has 0 fully saturated rings. The van der Waals surface area contributed by atoms with Gasteiger partial charge >= 0.3 is 5.97 Å². The first-order valence-electron chi connectivity index (χ1n) is 8.47. The van der Waals surface area contributed by atoms with E-state index < -0.39 is 5.97 Å². The number of methoxy groups -OCH3 is 1. The fraction of sp³-hybridized carbons (Fsp3) is 0.200. The Morgan fingerprint density at radius 2 is 2.00 bits per heavy atom. The van der Waals surface area contributed by atoms with Gasteiger partial charge in [-0.25, -0.2) is 9.78 Å². The summed E-state index contributed by atoms with van der Waals surface area (Å²) in [6.45, 7) is 3.65. The molecule has 144 valence electrons. The summed E-state index contributed by atoms with van der Waals surface area (Å²) in [6, 6.07) is 8.51. The molecule has 2 heterocycles. The summed E-state index contributed by atoms with van der Waals surface area (Å²) < 4.78 is 6.60. The number of oxime groups is 1. The van der Waals surface area contributed by atoms with Crippen molar-refractivity contribution in [1.82, 2.24) is 9.55 Å². The SMILES string of the molecule is COC(=O)c1ccc(/C=N/OCC(=O)c2cc(C)n(-c3nccs3)c2C)cc1. The van der Waals surface area contributed by atoms with Crippen molar-refractivity contribution >= 4 is 29.3 Å². The van der Waals surface area contributed by atoms with Gasteiger partial charge in [-0.3, -0.25) is 9.36 Å². The van der Waals surface area contributed by atoms with Gasteiger partial charge in [0, 0.05) is 28.5 Å². The van der Waals surface area contributed by atoms with Gasteiger partial charge < -0.3 is 9.57 Å². The smallest absolute Gasteiger partial charge is 0.337 e. The van der Waals surface area contributed by atoms with Crippen molar-refractivity contribution in [3.8, 4) is 5.13 Å². The van der Waals surface area contributed by atoms with Crippen molar-refractivity contribution in [2.75, 3.05) is 13.7 Å². The lowest BCUT2D eigenvalue weighted by Crippen LogP contribution is -2.08. The molecule has 1 aromatic carbocycles. The Bertz CT molecular complexity index is 1010. The van der Waals surface area contributed by atoms with E-state index in [4.69, 9.17) is 4.84 Å². The number of thiazole rings is 1. The van der Waals surface area contributed by atoms with Crippen LogP contribution in [0.5, 0.6) is 0 Å². The van der Waals surface area contributed by atoms with Crippen LogP contribution in [0, 0.1) is 13.8 Å². The number of hydrogen-bond acceptors (Lipinski definition) is 7. The molecule has 0 atom stereocenters. The summed E-state index contributed by atoms with van der Waals surface area (Å²) in [5.74, 6) is -0.560. The van der Waals surface area contributed by atoms with Crippen LogP contribution in [-0.4, -0.2) is 41.2 Å². The van der Waals surface area contributed by atoms with E-state index in [9.17, 15) is 9.59 Å². The zero-order valence-corrected chi connectivity index (χ0v) is 16.5. The minimum Gasteiger partial charge on any atom is -0.465 e. The highest BCUT2D eigenvalue weighted by atomic mass is 32.1. The number of ether oxygens (including phenoxy) is 1. The molecule has 0 saturated heterocycles. The number of rotatable bonds is 7. The third-order valence-electron chi connectivity index (χ3n) is 4.15. The molecule has 0 amide bonds. The van der Waals surface area contributed by atoms with Crippen LogP contribution < -0.4 is 0 Å². The molecule has 2 aromatic heterocycles. The molecule has 0 spiro atoms. The summed E-state index contributed by atoms with van der Waals surface area (Å²) in [4.78, 5) is 33.3. The third kappa shape index (κ3) is 4.17. The van der Waals surface area contributed by atoms with E-state index in [0.717, 1.165) is 22.1 Å². The number of ketones is 1. The van der Waals surface area contributed by atoms with Crippen molar-refractivity contribution in [3.63, 3.8) is 0 Å². The molecule has 7 nitrogen and oxygen atoms in total. The summed E-state index contributed by atoms with van der Waals surface area (Å²) >= 11 is 1.51. The predicted molar refractivity (Wildman–Crippen MR) is 107 cm³/mol. The Hall–Kier alpha value is -3.26. The maximum absolute atomic E-state index is 12.5. The largest absolute Gasteiger partial charge is 0.465 e. The van der Waals surface area contributed by atoms with Crippen LogP contribution in [-0.2, 0) is 9.57 Å². The first kappa shape index (κ1) is 19.5. The minimum absolute atomic E-state index is 0.158. The van der Waals surface area contributed by atoms with Crippen molar-refractivity contribution in [1.29, 1.82) is 0 Å². The molecule has 28 heavy (non-hydrogen) atoms. The number of esters is 1. The van der Waals surface area contributed by atoms with Crippen LogP contribution in [0.25, 0.3) is 5.13 Å². The topological polar surface area (TPSA) is 82.8 Å². The maximum atomic E-state index is 12.5. The van der Waals surface area contributed by atoms with Crippen molar-refractivity contribution in [3.05, 3.63) is 70.0 Å². The van der Waals surface area contributed by atoms with Crippen LogP contribution in [0.3, 0.4) is 0 Å².